The van der Waals surface area contributed by atoms with Crippen LogP contribution in [-0.4, -0.2) is 37.5 Å². The fourth-order valence-electron chi connectivity index (χ4n) is 5.12. The van der Waals surface area contributed by atoms with Gasteiger partial charge in [0, 0.05) is 23.2 Å². The van der Waals surface area contributed by atoms with Gasteiger partial charge < -0.3 is 4.90 Å². The summed E-state index contributed by atoms with van der Waals surface area (Å²) in [5, 5.41) is 3.96. The molecule has 0 spiro atoms. The first-order valence-electron chi connectivity index (χ1n) is 10.8. The van der Waals surface area contributed by atoms with Crippen molar-refractivity contribution < 1.29 is 18.0 Å². The number of alkyl halides is 3. The molecule has 1 aliphatic heterocycles. The lowest BCUT2D eigenvalue weighted by Crippen LogP contribution is -2.47. The van der Waals surface area contributed by atoms with Crippen molar-refractivity contribution in [2.24, 2.45) is 0 Å². The second-order valence-electron chi connectivity index (χ2n) is 8.68. The van der Waals surface area contributed by atoms with Crippen molar-refractivity contribution in [1.82, 2.24) is 19.5 Å². The van der Waals surface area contributed by atoms with Gasteiger partial charge in [-0.05, 0) is 51.5 Å². The minimum Gasteiger partial charge on any atom is -0.332 e. The molecule has 3 aromatic rings. The maximum absolute atomic E-state index is 14.3. The van der Waals surface area contributed by atoms with Crippen LogP contribution in [0.2, 0.25) is 5.02 Å². The number of likely N-dealkylation sites (tertiary alicyclic amines) is 1. The maximum Gasteiger partial charge on any atom is 0.433 e. The van der Waals surface area contributed by atoms with Crippen LogP contribution < -0.4 is 0 Å². The Labute approximate surface area is 188 Å². The molecule has 5 rings (SSSR count). The van der Waals surface area contributed by atoms with Crippen molar-refractivity contribution >= 4 is 23.2 Å². The summed E-state index contributed by atoms with van der Waals surface area (Å²) in [6.45, 7) is 3.87. The Kier molecular flexibility index (Phi) is 4.96. The van der Waals surface area contributed by atoms with Crippen LogP contribution in [0.25, 0.3) is 16.9 Å². The first kappa shape index (κ1) is 21.2. The summed E-state index contributed by atoms with van der Waals surface area (Å²) in [6, 6.07) is 7.22. The third kappa shape index (κ3) is 3.18. The molecule has 0 bridgehead atoms. The third-order valence-electron chi connectivity index (χ3n) is 6.62. The quantitative estimate of drug-likeness (QED) is 0.475. The number of amides is 1. The van der Waals surface area contributed by atoms with Gasteiger partial charge in [0.1, 0.15) is 5.02 Å². The topological polar surface area (TPSA) is 50.5 Å². The van der Waals surface area contributed by atoms with Gasteiger partial charge in [-0.3, -0.25) is 4.79 Å². The van der Waals surface area contributed by atoms with E-state index in [-0.39, 0.29) is 46.1 Å². The van der Waals surface area contributed by atoms with Crippen molar-refractivity contribution in [3.63, 3.8) is 0 Å². The molecular weight excluding hydrogens is 441 g/mol. The molecule has 1 aromatic carbocycles. The lowest BCUT2D eigenvalue weighted by Gasteiger charge is -2.38. The number of hydrogen-bond donors (Lipinski definition) is 0. The number of fused-ring (bicyclic) bond motifs is 4. The molecule has 5 nitrogen and oxygen atoms in total. The van der Waals surface area contributed by atoms with Gasteiger partial charge in [0.05, 0.1) is 5.69 Å². The molecule has 2 atom stereocenters. The summed E-state index contributed by atoms with van der Waals surface area (Å²) in [7, 11) is 0. The van der Waals surface area contributed by atoms with E-state index >= 15 is 0 Å². The molecule has 1 saturated heterocycles. The highest BCUT2D eigenvalue weighted by molar-refractivity contribution is 6.36. The second kappa shape index (κ2) is 7.47. The largest absolute Gasteiger partial charge is 0.433 e. The van der Waals surface area contributed by atoms with Crippen LogP contribution in [0, 0.1) is 0 Å². The third-order valence-corrected chi connectivity index (χ3v) is 6.97. The standard InChI is InChI=1S/C23H22ClF3N4O/c1-12-6-5-7-13(2)30(12)22(32)19-17(24)21-28-18-15-9-4-3-8-14(15)10-11-16(18)20(23(25,26)27)31(21)29-19/h3-4,8-9,12-13H,5-7,10-11H2,1-2H3. The molecule has 3 heterocycles. The average molecular weight is 463 g/mol. The van der Waals surface area contributed by atoms with Gasteiger partial charge >= 0.3 is 6.18 Å². The maximum atomic E-state index is 14.3. The number of carbonyl (C=O) groups is 1. The minimum atomic E-state index is -4.68. The molecule has 0 N–H and O–H groups in total. The summed E-state index contributed by atoms with van der Waals surface area (Å²) < 4.78 is 43.6. The van der Waals surface area contributed by atoms with E-state index in [1.54, 1.807) is 17.0 Å². The number of carbonyl (C=O) groups excluding carboxylic acids is 1. The molecule has 32 heavy (non-hydrogen) atoms. The van der Waals surface area contributed by atoms with E-state index in [9.17, 15) is 18.0 Å². The minimum absolute atomic E-state index is 0.0396. The van der Waals surface area contributed by atoms with Gasteiger partial charge in [-0.25, -0.2) is 9.50 Å². The smallest absolute Gasteiger partial charge is 0.332 e. The van der Waals surface area contributed by atoms with E-state index in [0.717, 1.165) is 29.3 Å². The zero-order valence-electron chi connectivity index (χ0n) is 17.7. The number of benzene rings is 1. The van der Waals surface area contributed by atoms with E-state index in [1.165, 1.54) is 0 Å². The van der Waals surface area contributed by atoms with Crippen molar-refractivity contribution in [1.29, 1.82) is 0 Å². The Morgan fingerprint density at radius 3 is 2.50 bits per heavy atom. The molecule has 1 amide bonds. The lowest BCUT2D eigenvalue weighted by atomic mass is 9.88. The zero-order valence-corrected chi connectivity index (χ0v) is 18.5. The van der Waals surface area contributed by atoms with E-state index in [0.29, 0.717) is 12.0 Å². The summed E-state index contributed by atoms with van der Waals surface area (Å²) in [6.07, 6.45) is -1.36. The van der Waals surface area contributed by atoms with E-state index in [1.807, 2.05) is 26.0 Å². The number of halogens is 4. The van der Waals surface area contributed by atoms with Crippen LogP contribution >= 0.6 is 11.6 Å². The van der Waals surface area contributed by atoms with E-state index in [2.05, 4.69) is 10.1 Å². The number of aryl methyl sites for hydroxylation is 1. The number of nitrogens with zero attached hydrogens (tertiary/aromatic N) is 4. The summed E-state index contributed by atoms with van der Waals surface area (Å²) in [4.78, 5) is 19.5. The fraction of sp³-hybridized carbons (Fsp3) is 0.435. The first-order chi connectivity index (χ1) is 15.2. The van der Waals surface area contributed by atoms with Gasteiger partial charge in [-0.2, -0.15) is 18.3 Å². The Morgan fingerprint density at radius 2 is 1.81 bits per heavy atom. The molecular formula is C23H22ClF3N4O. The van der Waals surface area contributed by atoms with Crippen LogP contribution in [0.3, 0.4) is 0 Å². The van der Waals surface area contributed by atoms with Gasteiger partial charge in [0.2, 0.25) is 0 Å². The van der Waals surface area contributed by atoms with Crippen LogP contribution in [0.1, 0.15) is 60.4 Å². The first-order valence-corrected chi connectivity index (χ1v) is 11.2. The van der Waals surface area contributed by atoms with Crippen LogP contribution in [0.4, 0.5) is 13.2 Å². The van der Waals surface area contributed by atoms with Crippen LogP contribution in [0.5, 0.6) is 0 Å². The van der Waals surface area contributed by atoms with Gasteiger partial charge in [0.15, 0.2) is 17.0 Å². The predicted molar refractivity (Wildman–Crippen MR) is 115 cm³/mol. The molecule has 2 aliphatic rings. The Morgan fingerprint density at radius 1 is 1.12 bits per heavy atom. The Hall–Kier alpha value is -2.61. The van der Waals surface area contributed by atoms with Crippen molar-refractivity contribution in [3.8, 4) is 11.3 Å². The van der Waals surface area contributed by atoms with Gasteiger partial charge in [-0.15, -0.1) is 0 Å². The Bertz CT molecular complexity index is 1230. The number of rotatable bonds is 1. The van der Waals surface area contributed by atoms with Crippen LogP contribution in [-0.2, 0) is 19.0 Å². The monoisotopic (exact) mass is 462 g/mol. The highest BCUT2D eigenvalue weighted by atomic mass is 35.5. The highest BCUT2D eigenvalue weighted by Gasteiger charge is 2.42. The van der Waals surface area contributed by atoms with Crippen molar-refractivity contribution in [3.05, 3.63) is 51.8 Å². The molecule has 2 unspecified atom stereocenters. The number of hydrogen-bond acceptors (Lipinski definition) is 3. The normalized spacial score (nSPS) is 20.9. The zero-order chi connectivity index (χ0) is 22.8. The SMILES string of the molecule is CC1CCCC(C)N1C(=O)c1nn2c(C(F)(F)F)c3c(nc2c1Cl)-c1ccccc1CC3. The molecule has 1 fully saturated rings. The molecule has 0 saturated carbocycles. The van der Waals surface area contributed by atoms with Crippen molar-refractivity contribution in [2.75, 3.05) is 0 Å². The van der Waals surface area contributed by atoms with E-state index < -0.39 is 17.8 Å². The molecule has 168 valence electrons. The van der Waals surface area contributed by atoms with Gasteiger partial charge in [0.25, 0.3) is 5.91 Å². The van der Waals surface area contributed by atoms with Crippen LogP contribution in [0.15, 0.2) is 24.3 Å². The summed E-state index contributed by atoms with van der Waals surface area (Å²) >= 11 is 6.50. The summed E-state index contributed by atoms with van der Waals surface area (Å²) in [5.74, 6) is -0.452. The van der Waals surface area contributed by atoms with Gasteiger partial charge in [-0.1, -0.05) is 35.9 Å². The molecule has 9 heteroatoms. The lowest BCUT2D eigenvalue weighted by molar-refractivity contribution is -0.143. The number of piperidine rings is 1. The number of aromatic nitrogens is 3. The summed E-state index contributed by atoms with van der Waals surface area (Å²) in [5.41, 5.74) is 0.704. The average Bonchev–Trinajstić information content (AvgIpc) is 3.07. The van der Waals surface area contributed by atoms with Crippen molar-refractivity contribution in [2.45, 2.75) is 64.2 Å². The molecule has 2 aromatic heterocycles. The predicted octanol–water partition coefficient (Wildman–Crippen LogP) is 5.57. The Balaban J connectivity index is 1.75. The second-order valence-corrected chi connectivity index (χ2v) is 9.06. The fourth-order valence-corrected chi connectivity index (χ4v) is 5.36. The molecule has 0 radical (unpaired) electrons. The molecule has 1 aliphatic carbocycles. The van der Waals surface area contributed by atoms with E-state index in [4.69, 9.17) is 11.6 Å². The highest BCUT2D eigenvalue weighted by Crippen LogP contribution is 2.42.